The number of hydrogen-bond acceptors (Lipinski definition) is 4. The molecule has 3 rings (SSSR count). The highest BCUT2D eigenvalue weighted by Gasteiger charge is 2.46. The third-order valence-electron chi connectivity index (χ3n) is 5.30. The minimum Gasteiger partial charge on any atom is -0.496 e. The third kappa shape index (κ3) is 3.92. The second kappa shape index (κ2) is 7.92. The van der Waals surface area contributed by atoms with Gasteiger partial charge < -0.3 is 15.0 Å². The number of carbonyl (C=O) groups is 2. The number of amides is 2. The van der Waals surface area contributed by atoms with Crippen LogP contribution in [0.2, 0.25) is 0 Å². The number of methoxy groups -OCH3 is 1. The molecule has 0 aliphatic carbocycles. The molecular formula is C22H22FN3O3. The maximum Gasteiger partial charge on any atom is 0.248 e. The lowest BCUT2D eigenvalue weighted by atomic mass is 9.86. The van der Waals surface area contributed by atoms with Crippen LogP contribution in [0.25, 0.3) is 0 Å². The predicted molar refractivity (Wildman–Crippen MR) is 105 cm³/mol. The van der Waals surface area contributed by atoms with Crippen LogP contribution in [0.5, 0.6) is 5.75 Å². The second-order valence-corrected chi connectivity index (χ2v) is 7.36. The number of rotatable bonds is 5. The maximum absolute atomic E-state index is 13.2. The Balaban J connectivity index is 1.86. The van der Waals surface area contributed by atoms with Gasteiger partial charge in [-0.15, -0.1) is 0 Å². The van der Waals surface area contributed by atoms with Crippen molar-refractivity contribution in [2.75, 3.05) is 14.2 Å². The van der Waals surface area contributed by atoms with Gasteiger partial charge in [0.2, 0.25) is 11.8 Å². The molecule has 0 saturated carbocycles. The first-order valence-electron chi connectivity index (χ1n) is 9.19. The van der Waals surface area contributed by atoms with Crippen LogP contribution in [0.3, 0.4) is 0 Å². The summed E-state index contributed by atoms with van der Waals surface area (Å²) in [5.74, 6) is -0.427. The van der Waals surface area contributed by atoms with E-state index in [0.29, 0.717) is 16.9 Å². The molecule has 6 nitrogen and oxygen atoms in total. The predicted octanol–water partition coefficient (Wildman–Crippen LogP) is 2.21. The Morgan fingerprint density at radius 3 is 2.55 bits per heavy atom. The van der Waals surface area contributed by atoms with Gasteiger partial charge in [-0.05, 0) is 36.8 Å². The fourth-order valence-corrected chi connectivity index (χ4v) is 3.74. The van der Waals surface area contributed by atoms with Gasteiger partial charge in [0.25, 0.3) is 0 Å². The van der Waals surface area contributed by atoms with Crippen molar-refractivity contribution in [1.82, 2.24) is 10.2 Å². The lowest BCUT2D eigenvalue weighted by Gasteiger charge is -2.43. The number of nitriles is 1. The average molecular weight is 395 g/mol. The van der Waals surface area contributed by atoms with E-state index in [1.54, 1.807) is 44.3 Å². The number of nitrogens with zero attached hydrogens (tertiary/aromatic N) is 2. The summed E-state index contributed by atoms with van der Waals surface area (Å²) in [6.07, 6.45) is 0.403. The molecule has 0 bridgehead atoms. The minimum absolute atomic E-state index is 0.160. The van der Waals surface area contributed by atoms with Gasteiger partial charge in [0, 0.05) is 25.5 Å². The van der Waals surface area contributed by atoms with E-state index in [4.69, 9.17) is 4.74 Å². The molecule has 2 aromatic rings. The number of nitrogens with one attached hydrogen (secondary N) is 1. The molecule has 1 aliphatic rings. The van der Waals surface area contributed by atoms with Gasteiger partial charge >= 0.3 is 0 Å². The molecule has 2 aromatic carbocycles. The van der Waals surface area contributed by atoms with E-state index in [0.717, 1.165) is 5.56 Å². The smallest absolute Gasteiger partial charge is 0.248 e. The van der Waals surface area contributed by atoms with E-state index in [1.165, 1.54) is 24.1 Å². The van der Waals surface area contributed by atoms with Crippen LogP contribution in [-0.2, 0) is 22.4 Å². The standard InChI is InChI=1S/C22H22FN3O3/c1-22(12-14-7-9-16(23)10-8-14)21(28)26(2)18(20(27)25-22)11-17-15(13-24)5-4-6-19(17)29-3/h4-10,18H,11-12H2,1-3H3,(H,25,27). The Morgan fingerprint density at radius 1 is 1.24 bits per heavy atom. The van der Waals surface area contributed by atoms with Crippen molar-refractivity contribution < 1.29 is 18.7 Å². The number of benzene rings is 2. The van der Waals surface area contributed by atoms with E-state index < -0.39 is 11.6 Å². The van der Waals surface area contributed by atoms with Crippen LogP contribution >= 0.6 is 0 Å². The summed E-state index contributed by atoms with van der Waals surface area (Å²) in [7, 11) is 3.08. The molecule has 1 saturated heterocycles. The van der Waals surface area contributed by atoms with Crippen molar-refractivity contribution in [2.24, 2.45) is 0 Å². The summed E-state index contributed by atoms with van der Waals surface area (Å²) in [5, 5.41) is 12.2. The molecule has 1 aliphatic heterocycles. The topological polar surface area (TPSA) is 82.4 Å². The molecule has 2 amide bonds. The first-order chi connectivity index (χ1) is 13.8. The largest absolute Gasteiger partial charge is 0.496 e. The van der Waals surface area contributed by atoms with E-state index >= 15 is 0 Å². The number of ether oxygens (including phenoxy) is 1. The van der Waals surface area contributed by atoms with Crippen molar-refractivity contribution in [1.29, 1.82) is 5.26 Å². The Bertz CT molecular complexity index is 984. The summed E-state index contributed by atoms with van der Waals surface area (Å²) in [6, 6.07) is 12.3. The number of carbonyl (C=O) groups excluding carboxylic acids is 2. The lowest BCUT2D eigenvalue weighted by molar-refractivity contribution is -0.152. The van der Waals surface area contributed by atoms with Gasteiger partial charge in [0.05, 0.1) is 18.7 Å². The summed E-state index contributed by atoms with van der Waals surface area (Å²) in [6.45, 7) is 1.66. The van der Waals surface area contributed by atoms with Crippen molar-refractivity contribution in [3.63, 3.8) is 0 Å². The van der Waals surface area contributed by atoms with E-state index in [-0.39, 0.29) is 30.5 Å². The van der Waals surface area contributed by atoms with Gasteiger partial charge in [-0.2, -0.15) is 5.26 Å². The molecule has 0 radical (unpaired) electrons. The second-order valence-electron chi connectivity index (χ2n) is 7.36. The molecular weight excluding hydrogens is 373 g/mol. The first-order valence-corrected chi connectivity index (χ1v) is 9.19. The summed E-state index contributed by atoms with van der Waals surface area (Å²) < 4.78 is 18.5. The van der Waals surface area contributed by atoms with Crippen LogP contribution in [0, 0.1) is 17.1 Å². The zero-order valence-electron chi connectivity index (χ0n) is 16.5. The lowest BCUT2D eigenvalue weighted by Crippen LogP contribution is -2.69. The number of piperazine rings is 1. The van der Waals surface area contributed by atoms with Crippen LogP contribution < -0.4 is 10.1 Å². The Kier molecular flexibility index (Phi) is 5.55. The number of halogens is 1. The summed E-state index contributed by atoms with van der Waals surface area (Å²) >= 11 is 0. The average Bonchev–Trinajstić information content (AvgIpc) is 2.71. The molecule has 0 aromatic heterocycles. The van der Waals surface area contributed by atoms with Crippen molar-refractivity contribution in [3.8, 4) is 11.8 Å². The van der Waals surface area contributed by atoms with Crippen molar-refractivity contribution in [3.05, 3.63) is 65.0 Å². The van der Waals surface area contributed by atoms with E-state index in [9.17, 15) is 19.2 Å². The number of likely N-dealkylation sites (N-methyl/N-ethyl adjacent to an activating group) is 1. The maximum atomic E-state index is 13.2. The zero-order valence-corrected chi connectivity index (χ0v) is 16.5. The van der Waals surface area contributed by atoms with Crippen LogP contribution in [0.15, 0.2) is 42.5 Å². The number of hydrogen-bond donors (Lipinski definition) is 1. The van der Waals surface area contributed by atoms with E-state index in [2.05, 4.69) is 11.4 Å². The highest BCUT2D eigenvalue weighted by Crippen LogP contribution is 2.28. The zero-order chi connectivity index (χ0) is 21.2. The van der Waals surface area contributed by atoms with E-state index in [1.807, 2.05) is 0 Å². The van der Waals surface area contributed by atoms with Crippen LogP contribution in [0.1, 0.15) is 23.6 Å². The summed E-state index contributed by atoms with van der Waals surface area (Å²) in [5.41, 5.74) is 0.585. The van der Waals surface area contributed by atoms with Crippen molar-refractivity contribution >= 4 is 11.8 Å². The Labute approximate surface area is 168 Å². The normalized spacial score (nSPS) is 21.5. The molecule has 1 fully saturated rings. The summed E-state index contributed by atoms with van der Waals surface area (Å²) in [4.78, 5) is 27.5. The van der Waals surface area contributed by atoms with Gasteiger partial charge in [-0.25, -0.2) is 4.39 Å². The SMILES string of the molecule is COc1cccc(C#N)c1CC1C(=O)NC(C)(Cc2ccc(F)cc2)C(=O)N1C. The van der Waals surface area contributed by atoms with Gasteiger partial charge in [-0.1, -0.05) is 18.2 Å². The molecule has 1 heterocycles. The third-order valence-corrected chi connectivity index (χ3v) is 5.30. The van der Waals surface area contributed by atoms with Gasteiger partial charge in [0.15, 0.2) is 0 Å². The minimum atomic E-state index is -1.14. The highest BCUT2D eigenvalue weighted by molar-refractivity contribution is 5.99. The quantitative estimate of drug-likeness (QED) is 0.842. The van der Waals surface area contributed by atoms with Gasteiger partial charge in [-0.3, -0.25) is 9.59 Å². The molecule has 150 valence electrons. The van der Waals surface area contributed by atoms with Gasteiger partial charge in [0.1, 0.15) is 23.1 Å². The first kappa shape index (κ1) is 20.3. The fourth-order valence-electron chi connectivity index (χ4n) is 3.74. The monoisotopic (exact) mass is 395 g/mol. The molecule has 2 atom stereocenters. The molecule has 1 N–H and O–H groups in total. The van der Waals surface area contributed by atoms with Crippen LogP contribution in [-0.4, -0.2) is 42.5 Å². The van der Waals surface area contributed by atoms with Crippen LogP contribution in [0.4, 0.5) is 4.39 Å². The molecule has 7 heteroatoms. The molecule has 0 spiro atoms. The van der Waals surface area contributed by atoms with Crippen molar-refractivity contribution in [2.45, 2.75) is 31.3 Å². The molecule has 29 heavy (non-hydrogen) atoms. The fraction of sp³-hybridized carbons (Fsp3) is 0.318. The Hall–Kier alpha value is -3.40. The highest BCUT2D eigenvalue weighted by atomic mass is 19.1. The molecule has 2 unspecified atom stereocenters. The Morgan fingerprint density at radius 2 is 1.93 bits per heavy atom.